The van der Waals surface area contributed by atoms with E-state index in [0.29, 0.717) is 12.1 Å². The van der Waals surface area contributed by atoms with E-state index in [4.69, 9.17) is 5.73 Å². The number of nitrogens with zero attached hydrogens (tertiary/aromatic N) is 1. The third kappa shape index (κ3) is 2.65. The highest BCUT2D eigenvalue weighted by molar-refractivity contribution is 6.17. The maximum absolute atomic E-state index is 11.9. The van der Waals surface area contributed by atoms with Crippen molar-refractivity contribution < 1.29 is 9.90 Å². The molecule has 1 aromatic heterocycles. The van der Waals surface area contributed by atoms with E-state index in [1.54, 1.807) is 12.1 Å². The molecule has 1 heterocycles. The molecule has 0 aliphatic rings. The molecule has 4 aromatic rings. The summed E-state index contributed by atoms with van der Waals surface area (Å²) in [5.74, 6) is -0.454. The van der Waals surface area contributed by atoms with Crippen LogP contribution < -0.4 is 5.73 Å². The summed E-state index contributed by atoms with van der Waals surface area (Å²) in [6.07, 6.45) is 0. The van der Waals surface area contributed by atoms with Gasteiger partial charge in [-0.25, -0.2) is 0 Å². The minimum atomic E-state index is -0.454. The lowest BCUT2D eigenvalue weighted by molar-refractivity contribution is 0.100. The van der Waals surface area contributed by atoms with Crippen LogP contribution in [0.1, 0.15) is 27.0 Å². The summed E-state index contributed by atoms with van der Waals surface area (Å²) in [6, 6.07) is 20.9. The molecule has 0 unspecified atom stereocenters. The van der Waals surface area contributed by atoms with Crippen molar-refractivity contribution in [2.75, 3.05) is 0 Å². The van der Waals surface area contributed by atoms with Crippen LogP contribution in [0.25, 0.3) is 21.8 Å². The van der Waals surface area contributed by atoms with Gasteiger partial charge in [0.15, 0.2) is 0 Å². The molecular formula is C22H19N2O2. The quantitative estimate of drug-likeness (QED) is 0.595. The van der Waals surface area contributed by atoms with E-state index >= 15 is 0 Å². The molecule has 4 nitrogen and oxygen atoms in total. The zero-order valence-corrected chi connectivity index (χ0v) is 14.5. The first-order valence-corrected chi connectivity index (χ1v) is 8.50. The Balaban J connectivity index is 2.03. The van der Waals surface area contributed by atoms with Gasteiger partial charge in [0, 0.05) is 22.9 Å². The number of aliphatic hydroxyl groups excluding tert-OH is 1. The summed E-state index contributed by atoms with van der Waals surface area (Å²) in [4.78, 5) is 11.9. The summed E-state index contributed by atoms with van der Waals surface area (Å²) < 4.78 is 2.15. The summed E-state index contributed by atoms with van der Waals surface area (Å²) in [7, 11) is 0. The van der Waals surface area contributed by atoms with Gasteiger partial charge >= 0.3 is 0 Å². The molecular weight excluding hydrogens is 324 g/mol. The molecule has 0 aliphatic carbocycles. The Morgan fingerprint density at radius 2 is 1.88 bits per heavy atom. The van der Waals surface area contributed by atoms with E-state index in [1.165, 1.54) is 5.56 Å². The van der Waals surface area contributed by atoms with Crippen molar-refractivity contribution in [3.05, 3.63) is 82.9 Å². The van der Waals surface area contributed by atoms with Crippen LogP contribution >= 0.6 is 0 Å². The number of aryl methyl sites for hydroxylation is 1. The molecule has 129 valence electrons. The van der Waals surface area contributed by atoms with Gasteiger partial charge in [0.25, 0.3) is 0 Å². The van der Waals surface area contributed by atoms with Crippen LogP contribution in [-0.4, -0.2) is 15.6 Å². The third-order valence-electron chi connectivity index (χ3n) is 4.76. The SMILES string of the molecule is Cc1ccc(Cn2c3cc(CO)c[c]c3c3c(C(N)=O)cccc32)cc1. The summed E-state index contributed by atoms with van der Waals surface area (Å²) in [6.45, 7) is 2.66. The second-order valence-electron chi connectivity index (χ2n) is 6.56. The monoisotopic (exact) mass is 343 g/mol. The average Bonchev–Trinajstić information content (AvgIpc) is 2.96. The molecule has 26 heavy (non-hydrogen) atoms. The number of amides is 1. The van der Waals surface area contributed by atoms with Crippen molar-refractivity contribution >= 4 is 27.7 Å². The van der Waals surface area contributed by atoms with Gasteiger partial charge in [-0.15, -0.1) is 0 Å². The van der Waals surface area contributed by atoms with Crippen LogP contribution in [0.5, 0.6) is 0 Å². The Bertz CT molecular complexity index is 1120. The lowest BCUT2D eigenvalue weighted by atomic mass is 10.0. The number of carbonyl (C=O) groups excluding carboxylic acids is 1. The number of fused-ring (bicyclic) bond motifs is 3. The molecule has 0 aliphatic heterocycles. The fourth-order valence-electron chi connectivity index (χ4n) is 3.44. The van der Waals surface area contributed by atoms with E-state index in [-0.39, 0.29) is 6.61 Å². The van der Waals surface area contributed by atoms with Crippen molar-refractivity contribution in [1.29, 1.82) is 0 Å². The first kappa shape index (κ1) is 16.4. The minimum absolute atomic E-state index is 0.0544. The summed E-state index contributed by atoms with van der Waals surface area (Å²) >= 11 is 0. The van der Waals surface area contributed by atoms with E-state index < -0.39 is 5.91 Å². The Hall–Kier alpha value is -3.11. The lowest BCUT2D eigenvalue weighted by Gasteiger charge is -2.09. The zero-order chi connectivity index (χ0) is 18.3. The molecule has 3 aromatic carbocycles. The molecule has 0 saturated carbocycles. The molecule has 4 rings (SSSR count). The van der Waals surface area contributed by atoms with Crippen LogP contribution in [0.4, 0.5) is 0 Å². The molecule has 1 amide bonds. The molecule has 0 spiro atoms. The van der Waals surface area contributed by atoms with Crippen LogP contribution in [0.15, 0.2) is 54.6 Å². The van der Waals surface area contributed by atoms with Crippen LogP contribution in [0.3, 0.4) is 0 Å². The third-order valence-corrected chi connectivity index (χ3v) is 4.76. The van der Waals surface area contributed by atoms with Crippen molar-refractivity contribution in [3.8, 4) is 0 Å². The minimum Gasteiger partial charge on any atom is -0.392 e. The van der Waals surface area contributed by atoms with Crippen molar-refractivity contribution in [2.45, 2.75) is 20.1 Å². The number of hydrogen-bond acceptors (Lipinski definition) is 2. The van der Waals surface area contributed by atoms with E-state index in [0.717, 1.165) is 32.9 Å². The first-order valence-electron chi connectivity index (χ1n) is 8.50. The van der Waals surface area contributed by atoms with Crippen molar-refractivity contribution in [1.82, 2.24) is 4.57 Å². The average molecular weight is 343 g/mol. The number of carbonyl (C=O) groups is 1. The highest BCUT2D eigenvalue weighted by atomic mass is 16.3. The maximum Gasteiger partial charge on any atom is 0.249 e. The van der Waals surface area contributed by atoms with Gasteiger partial charge in [0.1, 0.15) is 0 Å². The highest BCUT2D eigenvalue weighted by Crippen LogP contribution is 2.32. The number of rotatable bonds is 4. The number of primary amides is 1. The lowest BCUT2D eigenvalue weighted by Crippen LogP contribution is -2.11. The van der Waals surface area contributed by atoms with Gasteiger partial charge in [0.05, 0.1) is 17.6 Å². The Morgan fingerprint density at radius 1 is 1.12 bits per heavy atom. The Kier molecular flexibility index (Phi) is 3.98. The van der Waals surface area contributed by atoms with Gasteiger partial charge in [-0.2, -0.15) is 0 Å². The largest absolute Gasteiger partial charge is 0.392 e. The Morgan fingerprint density at radius 3 is 2.58 bits per heavy atom. The summed E-state index contributed by atoms with van der Waals surface area (Å²) in [5.41, 5.74) is 11.1. The van der Waals surface area contributed by atoms with Gasteiger partial charge in [0.2, 0.25) is 5.91 Å². The maximum atomic E-state index is 11.9. The molecule has 0 atom stereocenters. The molecule has 4 heteroatoms. The highest BCUT2D eigenvalue weighted by Gasteiger charge is 2.17. The standard InChI is InChI=1S/C22H19N2O2/c1-14-5-7-15(8-6-14)12-24-19-4-2-3-18(22(23)26)21(19)17-10-9-16(13-25)11-20(17)24/h2-9,11,25H,12-13H2,1H3,(H2,23,26). The molecule has 0 bridgehead atoms. The van der Waals surface area contributed by atoms with E-state index in [2.05, 4.69) is 41.8 Å². The van der Waals surface area contributed by atoms with Crippen molar-refractivity contribution in [2.24, 2.45) is 5.73 Å². The molecule has 0 fully saturated rings. The van der Waals surface area contributed by atoms with E-state index in [9.17, 15) is 9.90 Å². The van der Waals surface area contributed by atoms with Gasteiger partial charge in [-0.05, 0) is 48.4 Å². The Labute approximate surface area is 151 Å². The fraction of sp³-hybridized carbons (Fsp3) is 0.136. The second kappa shape index (κ2) is 6.32. The number of aliphatic hydroxyl groups is 1. The normalized spacial score (nSPS) is 11.3. The second-order valence-corrected chi connectivity index (χ2v) is 6.56. The molecule has 3 N–H and O–H groups in total. The topological polar surface area (TPSA) is 68.2 Å². The van der Waals surface area contributed by atoms with Crippen LogP contribution in [0.2, 0.25) is 0 Å². The molecule has 1 radical (unpaired) electrons. The van der Waals surface area contributed by atoms with Crippen LogP contribution in [-0.2, 0) is 13.2 Å². The number of nitrogens with two attached hydrogens (primary N) is 1. The smallest absolute Gasteiger partial charge is 0.249 e. The van der Waals surface area contributed by atoms with Gasteiger partial charge < -0.3 is 15.4 Å². The van der Waals surface area contributed by atoms with Crippen molar-refractivity contribution in [3.63, 3.8) is 0 Å². The predicted octanol–water partition coefficient (Wildman–Crippen LogP) is 3.54. The molecule has 0 saturated heterocycles. The zero-order valence-electron chi connectivity index (χ0n) is 14.5. The summed E-state index contributed by atoms with van der Waals surface area (Å²) in [5, 5.41) is 11.2. The first-order chi connectivity index (χ1) is 12.6. The number of hydrogen-bond donors (Lipinski definition) is 2. The van der Waals surface area contributed by atoms with Gasteiger partial charge in [-0.1, -0.05) is 35.9 Å². The number of aromatic nitrogens is 1. The van der Waals surface area contributed by atoms with Gasteiger partial charge in [-0.3, -0.25) is 4.79 Å². The fourth-order valence-corrected chi connectivity index (χ4v) is 3.44. The number of benzene rings is 3. The van der Waals surface area contributed by atoms with E-state index in [1.807, 2.05) is 18.2 Å². The predicted molar refractivity (Wildman–Crippen MR) is 103 cm³/mol. The van der Waals surface area contributed by atoms with Crippen LogP contribution in [0, 0.1) is 13.0 Å².